The zero-order valence-electron chi connectivity index (χ0n) is 29.0. The number of alkyl halides is 3. The summed E-state index contributed by atoms with van der Waals surface area (Å²) in [6.45, 7) is 5.47. The molecule has 2 amide bonds. The van der Waals surface area contributed by atoms with Crippen LogP contribution in [0.4, 0.5) is 24.5 Å². The number of nitrogens with one attached hydrogen (secondary N) is 3. The number of anilines is 2. The van der Waals surface area contributed by atoms with Crippen LogP contribution in [-0.4, -0.2) is 83.8 Å². The fourth-order valence-corrected chi connectivity index (χ4v) is 5.55. The van der Waals surface area contributed by atoms with Gasteiger partial charge in [0.2, 0.25) is 0 Å². The number of halogens is 4. The fourth-order valence-electron chi connectivity index (χ4n) is 5.33. The molecule has 3 aromatic rings. The highest BCUT2D eigenvalue weighted by Gasteiger charge is 2.33. The van der Waals surface area contributed by atoms with Crippen LogP contribution < -0.4 is 21.0 Å². The van der Waals surface area contributed by atoms with E-state index in [2.05, 4.69) is 36.1 Å². The van der Waals surface area contributed by atoms with E-state index in [1.54, 1.807) is 30.3 Å². The summed E-state index contributed by atoms with van der Waals surface area (Å²) in [5, 5.41) is 12.9. The number of carbonyl (C=O) groups excluding carboxylic acids is 2. The number of benzene rings is 3. The van der Waals surface area contributed by atoms with Crippen molar-refractivity contribution in [3.8, 4) is 0 Å². The summed E-state index contributed by atoms with van der Waals surface area (Å²) in [6, 6.07) is 15.6. The molecule has 3 N–H and O–H groups in total. The molecule has 4 rings (SSSR count). The van der Waals surface area contributed by atoms with E-state index in [-0.39, 0.29) is 23.4 Å². The Balaban J connectivity index is 1.31. The number of hydrogen-bond donors (Lipinski definition) is 3. The van der Waals surface area contributed by atoms with E-state index in [4.69, 9.17) is 31.3 Å². The van der Waals surface area contributed by atoms with Crippen molar-refractivity contribution >= 4 is 41.0 Å². The van der Waals surface area contributed by atoms with Gasteiger partial charge in [0, 0.05) is 48.9 Å². The third kappa shape index (κ3) is 14.0. The highest BCUT2D eigenvalue weighted by molar-refractivity contribution is 6.31. The molecule has 1 fully saturated rings. The van der Waals surface area contributed by atoms with E-state index in [0.29, 0.717) is 58.3 Å². The maximum absolute atomic E-state index is 13.4. The van der Waals surface area contributed by atoms with Gasteiger partial charge >= 0.3 is 6.18 Å². The molecule has 0 aliphatic carbocycles. The first-order chi connectivity index (χ1) is 25.7. The Morgan fingerprint density at radius 3 is 2.38 bits per heavy atom. The molecule has 0 bridgehead atoms. The molecule has 3 aromatic carbocycles. The van der Waals surface area contributed by atoms with Crippen molar-refractivity contribution in [3.05, 3.63) is 104 Å². The normalized spacial score (nSPS) is 13.2. The monoisotopic (exact) mass is 758 g/mol. The van der Waals surface area contributed by atoms with E-state index in [1.165, 1.54) is 6.07 Å². The van der Waals surface area contributed by atoms with Crippen LogP contribution in [0.15, 0.2) is 70.9 Å². The molecule has 1 heterocycles. The summed E-state index contributed by atoms with van der Waals surface area (Å²) < 4.78 is 56.1. The van der Waals surface area contributed by atoms with Crippen LogP contribution in [0.5, 0.6) is 0 Å². The molecule has 0 radical (unpaired) electrons. The van der Waals surface area contributed by atoms with Crippen molar-refractivity contribution in [2.24, 2.45) is 10.2 Å². The molecular weight excluding hydrogens is 717 g/mol. The van der Waals surface area contributed by atoms with E-state index < -0.39 is 28.6 Å². The first-order valence-corrected chi connectivity index (χ1v) is 17.5. The zero-order valence-corrected chi connectivity index (χ0v) is 29.8. The topological polar surface area (TPSA) is 162 Å². The third-order valence-electron chi connectivity index (χ3n) is 7.98. The average molecular weight is 759 g/mol. The SMILES string of the molecule is [N-]=[N+]=NCCOCCOCCOCCNCc1cccc(C(=O)Nc2ccc(N3CCCCC3)cc2C(=O)NN=Cc2ccc(Cl)c(C(F)(F)F)c2)c1. The van der Waals surface area contributed by atoms with Gasteiger partial charge in [-0.15, -0.1) is 0 Å². The van der Waals surface area contributed by atoms with E-state index in [0.717, 1.165) is 62.0 Å². The van der Waals surface area contributed by atoms with Crippen molar-refractivity contribution in [2.45, 2.75) is 32.0 Å². The van der Waals surface area contributed by atoms with Gasteiger partial charge in [-0.25, -0.2) is 5.43 Å². The molecule has 1 aliphatic heterocycles. The van der Waals surface area contributed by atoms with Gasteiger partial charge in [-0.1, -0.05) is 34.9 Å². The lowest BCUT2D eigenvalue weighted by Crippen LogP contribution is -2.30. The predicted molar refractivity (Wildman–Crippen MR) is 197 cm³/mol. The number of rotatable bonds is 20. The standard InChI is InChI=1S/C36H42ClF3N8O5/c37-32-9-7-27(22-31(32)36(38,39)40)25-44-46-35(50)30-23-29(48-13-2-1-3-14-48)8-10-33(30)45-34(49)28-6-4-5-26(21-28)24-42-11-15-51-17-19-53-20-18-52-16-12-43-47-41/h4-10,21-23,25,42H,1-3,11-20,24H2,(H,45,49)(H,46,50). The number of hydrogen-bond acceptors (Lipinski definition) is 9. The molecule has 0 saturated carbocycles. The van der Waals surface area contributed by atoms with Gasteiger partial charge in [0.1, 0.15) is 0 Å². The van der Waals surface area contributed by atoms with Crippen molar-refractivity contribution in [1.82, 2.24) is 10.7 Å². The second-order valence-electron chi connectivity index (χ2n) is 11.8. The second-order valence-corrected chi connectivity index (χ2v) is 12.2. The predicted octanol–water partition coefficient (Wildman–Crippen LogP) is 6.82. The minimum Gasteiger partial charge on any atom is -0.379 e. The molecule has 0 unspecified atom stereocenters. The van der Waals surface area contributed by atoms with Crippen LogP contribution in [0.2, 0.25) is 5.02 Å². The number of carbonyl (C=O) groups is 2. The van der Waals surface area contributed by atoms with Gasteiger partial charge in [0.15, 0.2) is 0 Å². The van der Waals surface area contributed by atoms with Gasteiger partial charge in [-0.05, 0) is 78.4 Å². The molecule has 0 spiro atoms. The van der Waals surface area contributed by atoms with Gasteiger partial charge in [-0.2, -0.15) is 18.3 Å². The number of azide groups is 1. The third-order valence-corrected chi connectivity index (χ3v) is 8.31. The highest BCUT2D eigenvalue weighted by Crippen LogP contribution is 2.35. The number of hydrazone groups is 1. The van der Waals surface area contributed by atoms with Crippen LogP contribution in [0.1, 0.15) is 56.7 Å². The summed E-state index contributed by atoms with van der Waals surface area (Å²) >= 11 is 5.71. The Kier molecular flexibility index (Phi) is 16.8. The molecule has 1 aliphatic rings. The second kappa shape index (κ2) is 21.7. The fraction of sp³-hybridized carbons (Fsp3) is 0.417. The number of ether oxygens (including phenoxy) is 3. The smallest absolute Gasteiger partial charge is 0.379 e. The Labute approximate surface area is 310 Å². The number of amides is 2. The van der Waals surface area contributed by atoms with Crippen molar-refractivity contribution in [3.63, 3.8) is 0 Å². The highest BCUT2D eigenvalue weighted by atomic mass is 35.5. The molecule has 17 heteroatoms. The van der Waals surface area contributed by atoms with Gasteiger partial charge in [0.25, 0.3) is 11.8 Å². The van der Waals surface area contributed by atoms with E-state index in [9.17, 15) is 22.8 Å². The molecule has 13 nitrogen and oxygen atoms in total. The molecule has 53 heavy (non-hydrogen) atoms. The minimum atomic E-state index is -4.65. The summed E-state index contributed by atoms with van der Waals surface area (Å²) in [7, 11) is 0. The van der Waals surface area contributed by atoms with Crippen LogP contribution >= 0.6 is 11.6 Å². The minimum absolute atomic E-state index is 0.0870. The summed E-state index contributed by atoms with van der Waals surface area (Å²) in [5.74, 6) is -1.08. The van der Waals surface area contributed by atoms with Gasteiger partial charge in [-0.3, -0.25) is 9.59 Å². The quantitative estimate of drug-likeness (QED) is 0.0285. The molecule has 0 aromatic heterocycles. The van der Waals surface area contributed by atoms with E-state index >= 15 is 0 Å². The van der Waals surface area contributed by atoms with Crippen LogP contribution in [0, 0.1) is 0 Å². The van der Waals surface area contributed by atoms with Crippen molar-refractivity contribution < 1.29 is 37.0 Å². The van der Waals surface area contributed by atoms with Crippen molar-refractivity contribution in [2.75, 3.05) is 76.0 Å². The maximum atomic E-state index is 13.4. The molecule has 1 saturated heterocycles. The molecule has 0 atom stereocenters. The Morgan fingerprint density at radius 1 is 0.906 bits per heavy atom. The van der Waals surface area contributed by atoms with E-state index in [1.807, 2.05) is 12.1 Å². The summed E-state index contributed by atoms with van der Waals surface area (Å²) in [6.07, 6.45) is -0.417. The van der Waals surface area contributed by atoms with Crippen LogP contribution in [0.3, 0.4) is 0 Å². The van der Waals surface area contributed by atoms with Gasteiger partial charge in [0.05, 0.1) is 67.7 Å². The number of nitrogens with zero attached hydrogens (tertiary/aromatic N) is 5. The lowest BCUT2D eigenvalue weighted by atomic mass is 10.1. The summed E-state index contributed by atoms with van der Waals surface area (Å²) in [4.78, 5) is 31.6. The molecular formula is C36H42ClF3N8O5. The first-order valence-electron chi connectivity index (χ1n) is 17.1. The van der Waals surface area contributed by atoms with Gasteiger partial charge < -0.3 is 29.7 Å². The Hall–Kier alpha value is -4.70. The zero-order chi connectivity index (χ0) is 37.9. The lowest BCUT2D eigenvalue weighted by molar-refractivity contribution is -0.137. The lowest BCUT2D eigenvalue weighted by Gasteiger charge is -2.29. The largest absolute Gasteiger partial charge is 0.417 e. The average Bonchev–Trinajstić information content (AvgIpc) is 3.15. The first kappa shape index (κ1) is 41.1. The van der Waals surface area contributed by atoms with Crippen LogP contribution in [0.25, 0.3) is 10.4 Å². The Morgan fingerprint density at radius 2 is 1.64 bits per heavy atom. The maximum Gasteiger partial charge on any atom is 0.417 e. The Bertz CT molecular complexity index is 1730. The molecule has 284 valence electrons. The van der Waals surface area contributed by atoms with Crippen LogP contribution in [-0.2, 0) is 26.9 Å². The summed E-state index contributed by atoms with van der Waals surface area (Å²) in [5.41, 5.74) is 12.1. The number of piperidine rings is 1. The van der Waals surface area contributed by atoms with Crippen molar-refractivity contribution in [1.29, 1.82) is 0 Å².